The van der Waals surface area contributed by atoms with Gasteiger partial charge in [0, 0.05) is 11.4 Å². The standard InChI is InChI=1S/C18H18N2/c1-12-8-15(5-7-18(12)20)16-4-2-14-9-13(10-16)3-6-17(19)11-14/h2-8,10-11H,9,19-20H2,1H3. The predicted molar refractivity (Wildman–Crippen MR) is 85.8 cm³/mol. The molecular formula is C18H18N2. The molecule has 0 heterocycles. The largest absolute Gasteiger partial charge is 0.399 e. The predicted octanol–water partition coefficient (Wildman–Crippen LogP) is 3.63. The molecular weight excluding hydrogens is 244 g/mol. The van der Waals surface area contributed by atoms with E-state index in [1.54, 1.807) is 0 Å². The third-order valence-corrected chi connectivity index (χ3v) is 3.67. The summed E-state index contributed by atoms with van der Waals surface area (Å²) in [7, 11) is 0. The summed E-state index contributed by atoms with van der Waals surface area (Å²) in [6.07, 6.45) is 13.5. The Balaban J connectivity index is 2.07. The molecule has 1 aromatic rings. The van der Waals surface area contributed by atoms with Gasteiger partial charge in [-0.2, -0.15) is 0 Å². The molecule has 4 N–H and O–H groups in total. The SMILES string of the molecule is Cc1cc(C2=CC3=CC=C(N)C=C(C=C2)C3)ccc1N. The zero-order valence-electron chi connectivity index (χ0n) is 11.6. The van der Waals surface area contributed by atoms with Crippen molar-refractivity contribution in [1.29, 1.82) is 0 Å². The van der Waals surface area contributed by atoms with E-state index in [0.29, 0.717) is 0 Å². The highest BCUT2D eigenvalue weighted by molar-refractivity contribution is 5.79. The zero-order chi connectivity index (χ0) is 14.1. The Morgan fingerprint density at radius 1 is 0.950 bits per heavy atom. The number of hydrogen-bond acceptors (Lipinski definition) is 2. The molecule has 2 heteroatoms. The molecule has 0 spiro atoms. The first-order valence-corrected chi connectivity index (χ1v) is 6.75. The van der Waals surface area contributed by atoms with E-state index >= 15 is 0 Å². The maximum atomic E-state index is 5.90. The Labute approximate surface area is 119 Å². The summed E-state index contributed by atoms with van der Waals surface area (Å²) in [5.41, 5.74) is 19.4. The van der Waals surface area contributed by atoms with Crippen molar-refractivity contribution < 1.29 is 0 Å². The van der Waals surface area contributed by atoms with E-state index in [4.69, 9.17) is 11.5 Å². The lowest BCUT2D eigenvalue weighted by atomic mass is 10.0. The monoisotopic (exact) mass is 262 g/mol. The van der Waals surface area contributed by atoms with Gasteiger partial charge in [-0.25, -0.2) is 0 Å². The van der Waals surface area contributed by atoms with E-state index in [2.05, 4.69) is 36.4 Å². The highest BCUT2D eigenvalue weighted by Crippen LogP contribution is 2.29. The molecule has 20 heavy (non-hydrogen) atoms. The second-order valence-corrected chi connectivity index (χ2v) is 5.31. The van der Waals surface area contributed by atoms with Crippen LogP contribution in [0.3, 0.4) is 0 Å². The minimum absolute atomic E-state index is 0.805. The van der Waals surface area contributed by atoms with Crippen molar-refractivity contribution in [1.82, 2.24) is 0 Å². The van der Waals surface area contributed by atoms with E-state index in [-0.39, 0.29) is 0 Å². The maximum Gasteiger partial charge on any atom is 0.0344 e. The number of rotatable bonds is 1. The molecule has 100 valence electrons. The van der Waals surface area contributed by atoms with Crippen LogP contribution < -0.4 is 11.5 Å². The second-order valence-electron chi connectivity index (χ2n) is 5.31. The van der Waals surface area contributed by atoms with Gasteiger partial charge in [-0.1, -0.05) is 30.4 Å². The molecule has 0 unspecified atom stereocenters. The zero-order valence-corrected chi connectivity index (χ0v) is 11.6. The second kappa shape index (κ2) is 4.89. The normalized spacial score (nSPS) is 17.4. The van der Waals surface area contributed by atoms with Crippen LogP contribution in [0.25, 0.3) is 5.57 Å². The summed E-state index contributed by atoms with van der Waals surface area (Å²) in [6, 6.07) is 6.17. The van der Waals surface area contributed by atoms with Crippen LogP contribution in [0.1, 0.15) is 17.5 Å². The maximum absolute atomic E-state index is 5.90. The Hall–Kier alpha value is -2.48. The lowest BCUT2D eigenvalue weighted by molar-refractivity contribution is 1.22. The van der Waals surface area contributed by atoms with Crippen LogP contribution in [0, 0.1) is 6.92 Å². The number of anilines is 1. The highest BCUT2D eigenvalue weighted by atomic mass is 14.6. The van der Waals surface area contributed by atoms with E-state index in [9.17, 15) is 0 Å². The van der Waals surface area contributed by atoms with E-state index < -0.39 is 0 Å². The number of nitrogen functional groups attached to an aromatic ring is 1. The van der Waals surface area contributed by atoms with Gasteiger partial charge in [0.15, 0.2) is 0 Å². The Morgan fingerprint density at radius 3 is 2.60 bits per heavy atom. The van der Waals surface area contributed by atoms with Crippen molar-refractivity contribution in [3.63, 3.8) is 0 Å². The molecule has 1 aromatic carbocycles. The fourth-order valence-electron chi connectivity index (χ4n) is 2.50. The molecule has 0 fully saturated rings. The van der Waals surface area contributed by atoms with Crippen LogP contribution in [0.15, 0.2) is 71.5 Å². The van der Waals surface area contributed by atoms with Crippen LogP contribution >= 0.6 is 0 Å². The summed E-state index contributed by atoms with van der Waals surface area (Å²) in [6.45, 7) is 2.04. The van der Waals surface area contributed by atoms with Gasteiger partial charge in [-0.3, -0.25) is 0 Å². The Bertz CT molecular complexity index is 713. The number of allylic oxidation sites excluding steroid dienone is 9. The van der Waals surface area contributed by atoms with Gasteiger partial charge < -0.3 is 11.5 Å². The minimum atomic E-state index is 0.805. The first-order chi connectivity index (χ1) is 9.61. The Morgan fingerprint density at radius 2 is 1.80 bits per heavy atom. The van der Waals surface area contributed by atoms with Crippen molar-refractivity contribution >= 4 is 11.3 Å². The van der Waals surface area contributed by atoms with Crippen molar-refractivity contribution in [3.05, 3.63) is 82.6 Å². The van der Waals surface area contributed by atoms with Gasteiger partial charge in [-0.15, -0.1) is 0 Å². The summed E-state index contributed by atoms with van der Waals surface area (Å²) >= 11 is 0. The lowest BCUT2D eigenvalue weighted by Gasteiger charge is -2.06. The third kappa shape index (κ3) is 2.45. The van der Waals surface area contributed by atoms with Crippen molar-refractivity contribution in [2.75, 3.05) is 5.73 Å². The molecule has 0 atom stereocenters. The number of benzene rings is 1. The van der Waals surface area contributed by atoms with Gasteiger partial charge in [0.2, 0.25) is 0 Å². The first kappa shape index (κ1) is 12.5. The first-order valence-electron chi connectivity index (χ1n) is 6.75. The van der Waals surface area contributed by atoms with Crippen molar-refractivity contribution in [2.45, 2.75) is 13.3 Å². The molecule has 2 aliphatic carbocycles. The van der Waals surface area contributed by atoms with Gasteiger partial charge in [0.25, 0.3) is 0 Å². The average molecular weight is 262 g/mol. The molecule has 0 radical (unpaired) electrons. The smallest absolute Gasteiger partial charge is 0.0344 e. The van der Waals surface area contributed by atoms with Crippen LogP contribution in [-0.2, 0) is 0 Å². The highest BCUT2D eigenvalue weighted by Gasteiger charge is 2.09. The summed E-state index contributed by atoms with van der Waals surface area (Å²) < 4.78 is 0. The molecule has 2 nitrogen and oxygen atoms in total. The van der Waals surface area contributed by atoms with Gasteiger partial charge in [0.05, 0.1) is 0 Å². The minimum Gasteiger partial charge on any atom is -0.399 e. The number of nitrogens with two attached hydrogens (primary N) is 2. The molecule has 2 aliphatic rings. The molecule has 0 amide bonds. The van der Waals surface area contributed by atoms with Crippen molar-refractivity contribution in [3.8, 4) is 0 Å². The lowest BCUT2D eigenvalue weighted by Crippen LogP contribution is -1.92. The molecule has 0 aromatic heterocycles. The van der Waals surface area contributed by atoms with E-state index in [0.717, 1.165) is 23.4 Å². The molecule has 0 saturated carbocycles. The fourth-order valence-corrected chi connectivity index (χ4v) is 2.50. The summed E-state index contributed by atoms with van der Waals surface area (Å²) in [5, 5.41) is 0. The van der Waals surface area contributed by atoms with E-state index in [1.807, 2.05) is 25.1 Å². The van der Waals surface area contributed by atoms with Gasteiger partial charge in [0.1, 0.15) is 0 Å². The van der Waals surface area contributed by atoms with Crippen molar-refractivity contribution in [2.24, 2.45) is 5.73 Å². The summed E-state index contributed by atoms with van der Waals surface area (Å²) in [5.74, 6) is 0. The Kier molecular flexibility index (Phi) is 3.07. The molecule has 3 rings (SSSR count). The number of fused-ring (bicyclic) bond motifs is 2. The quantitative estimate of drug-likeness (QED) is 0.759. The molecule has 0 saturated heterocycles. The topological polar surface area (TPSA) is 52.0 Å². The number of hydrogen-bond donors (Lipinski definition) is 2. The third-order valence-electron chi connectivity index (χ3n) is 3.67. The molecule has 0 aliphatic heterocycles. The van der Waals surface area contributed by atoms with Crippen LogP contribution in [0.4, 0.5) is 5.69 Å². The van der Waals surface area contributed by atoms with Crippen LogP contribution in [0.2, 0.25) is 0 Å². The van der Waals surface area contributed by atoms with E-state index in [1.165, 1.54) is 22.3 Å². The van der Waals surface area contributed by atoms with Gasteiger partial charge in [-0.05, 0) is 65.5 Å². The number of aryl methyl sites for hydroxylation is 1. The van der Waals surface area contributed by atoms with Gasteiger partial charge >= 0.3 is 0 Å². The molecule has 2 bridgehead atoms. The summed E-state index contributed by atoms with van der Waals surface area (Å²) in [4.78, 5) is 0. The fraction of sp³-hybridized carbons (Fsp3) is 0.111. The van der Waals surface area contributed by atoms with Crippen LogP contribution in [-0.4, -0.2) is 0 Å². The average Bonchev–Trinajstić information content (AvgIpc) is 2.72. The van der Waals surface area contributed by atoms with Crippen LogP contribution in [0.5, 0.6) is 0 Å².